The Labute approximate surface area is 159 Å². The Hall–Kier alpha value is -2.67. The molecule has 0 bridgehead atoms. The molecule has 0 fully saturated rings. The van der Waals surface area contributed by atoms with E-state index in [1.54, 1.807) is 24.3 Å². The molecule has 0 N–H and O–H groups in total. The van der Waals surface area contributed by atoms with Gasteiger partial charge in [-0.15, -0.1) is 0 Å². The van der Waals surface area contributed by atoms with Crippen LogP contribution >= 0.6 is 0 Å². The monoisotopic (exact) mass is 389 g/mol. The summed E-state index contributed by atoms with van der Waals surface area (Å²) in [6, 6.07) is 13.3. The van der Waals surface area contributed by atoms with Crippen molar-refractivity contribution in [2.24, 2.45) is 0 Å². The van der Waals surface area contributed by atoms with Crippen molar-refractivity contribution in [1.82, 2.24) is 0 Å². The fourth-order valence-electron chi connectivity index (χ4n) is 2.45. The maximum atomic E-state index is 12.4. The largest absolute Gasteiger partial charge is 0.454 e. The Morgan fingerprint density at radius 1 is 1.04 bits per heavy atom. The predicted molar refractivity (Wildman–Crippen MR) is 105 cm³/mol. The molecule has 6 nitrogen and oxygen atoms in total. The van der Waals surface area contributed by atoms with Crippen LogP contribution in [0.25, 0.3) is 0 Å². The van der Waals surface area contributed by atoms with Crippen LogP contribution in [0, 0.1) is 0 Å². The molecule has 7 heteroatoms. The number of nitrogens with zero attached hydrogens (tertiary/aromatic N) is 1. The van der Waals surface area contributed by atoms with Gasteiger partial charge in [-0.1, -0.05) is 50.2 Å². The zero-order chi connectivity index (χ0) is 20.2. The molecule has 0 atom stereocenters. The summed E-state index contributed by atoms with van der Waals surface area (Å²) in [6.45, 7) is 3.70. The lowest BCUT2D eigenvalue weighted by Crippen LogP contribution is -2.27. The summed E-state index contributed by atoms with van der Waals surface area (Å²) in [7, 11) is -2.19. The second kappa shape index (κ2) is 8.35. The second-order valence-electron chi connectivity index (χ2n) is 6.52. The highest BCUT2D eigenvalue weighted by Crippen LogP contribution is 2.22. The molecule has 0 aliphatic heterocycles. The van der Waals surface area contributed by atoms with E-state index in [0.717, 1.165) is 16.1 Å². The summed E-state index contributed by atoms with van der Waals surface area (Å²) >= 11 is 0. The first-order valence-electron chi connectivity index (χ1n) is 8.44. The van der Waals surface area contributed by atoms with Gasteiger partial charge in [-0.25, -0.2) is 13.2 Å². The van der Waals surface area contributed by atoms with Crippen molar-refractivity contribution in [1.29, 1.82) is 0 Å². The molecule has 0 amide bonds. The molecule has 0 unspecified atom stereocenters. The fraction of sp³-hybridized carbons (Fsp3) is 0.300. The minimum absolute atomic E-state index is 0.0772. The Morgan fingerprint density at radius 3 is 2.19 bits per heavy atom. The molecule has 2 aromatic carbocycles. The molecule has 0 aliphatic carbocycles. The van der Waals surface area contributed by atoms with Gasteiger partial charge in [-0.2, -0.15) is 0 Å². The summed E-state index contributed by atoms with van der Waals surface area (Å²) in [6.07, 6.45) is 1.04. The van der Waals surface area contributed by atoms with E-state index in [4.69, 9.17) is 4.74 Å². The second-order valence-corrected chi connectivity index (χ2v) is 8.54. The lowest BCUT2D eigenvalue weighted by Gasteiger charge is -2.19. The molecule has 0 saturated carbocycles. The quantitative estimate of drug-likeness (QED) is 0.536. The molecule has 0 aromatic heterocycles. The maximum absolute atomic E-state index is 12.4. The molecule has 27 heavy (non-hydrogen) atoms. The molecular formula is C20H23NO5S. The molecule has 2 rings (SSSR count). The molecule has 0 aliphatic rings. The number of para-hydroxylation sites is 1. The van der Waals surface area contributed by atoms with Crippen molar-refractivity contribution in [2.45, 2.75) is 19.8 Å². The van der Waals surface area contributed by atoms with E-state index in [1.807, 2.05) is 12.1 Å². The van der Waals surface area contributed by atoms with E-state index in [0.29, 0.717) is 11.5 Å². The third-order valence-corrected chi connectivity index (χ3v) is 5.39. The van der Waals surface area contributed by atoms with Gasteiger partial charge in [0.1, 0.15) is 0 Å². The Balaban J connectivity index is 2.11. The van der Waals surface area contributed by atoms with E-state index in [1.165, 1.54) is 19.2 Å². The molecule has 0 heterocycles. The summed E-state index contributed by atoms with van der Waals surface area (Å²) in [5.41, 5.74) is 1.84. The highest BCUT2D eigenvalue weighted by molar-refractivity contribution is 7.92. The van der Waals surface area contributed by atoms with Crippen LogP contribution in [0.3, 0.4) is 0 Å². The van der Waals surface area contributed by atoms with Crippen molar-refractivity contribution in [3.05, 3.63) is 65.2 Å². The van der Waals surface area contributed by atoms with Gasteiger partial charge in [0.25, 0.3) is 0 Å². The van der Waals surface area contributed by atoms with Crippen LogP contribution in [0.4, 0.5) is 5.69 Å². The normalized spacial score (nSPS) is 11.3. The van der Waals surface area contributed by atoms with Crippen LogP contribution in [0.15, 0.2) is 48.5 Å². The number of hydrogen-bond acceptors (Lipinski definition) is 5. The SMILES string of the molecule is CC(C)c1ccc(C(=O)COC(=O)c2ccccc2N(C)S(C)(=O)=O)cc1. The first-order valence-corrected chi connectivity index (χ1v) is 10.3. The van der Waals surface area contributed by atoms with Crippen LogP contribution in [-0.2, 0) is 14.8 Å². The lowest BCUT2D eigenvalue weighted by molar-refractivity contribution is 0.0475. The minimum Gasteiger partial charge on any atom is -0.454 e. The van der Waals surface area contributed by atoms with E-state index in [9.17, 15) is 18.0 Å². The highest BCUT2D eigenvalue weighted by atomic mass is 32.2. The number of Topliss-reactive ketones (excluding diaryl/α,β-unsaturated/α-hetero) is 1. The smallest absolute Gasteiger partial charge is 0.340 e. The number of anilines is 1. The average molecular weight is 389 g/mol. The fourth-order valence-corrected chi connectivity index (χ4v) is 2.96. The molecular weight excluding hydrogens is 366 g/mol. The highest BCUT2D eigenvalue weighted by Gasteiger charge is 2.21. The molecule has 0 spiro atoms. The van der Waals surface area contributed by atoms with Crippen molar-refractivity contribution < 1.29 is 22.7 Å². The van der Waals surface area contributed by atoms with E-state index >= 15 is 0 Å². The minimum atomic E-state index is -3.54. The van der Waals surface area contributed by atoms with Crippen LogP contribution < -0.4 is 4.31 Å². The first-order chi connectivity index (χ1) is 12.6. The third kappa shape index (κ3) is 5.17. The van der Waals surface area contributed by atoms with Crippen molar-refractivity contribution in [3.8, 4) is 0 Å². The molecule has 144 valence electrons. The average Bonchev–Trinajstić information content (AvgIpc) is 2.64. The predicted octanol–water partition coefficient (Wildman–Crippen LogP) is 3.25. The summed E-state index contributed by atoms with van der Waals surface area (Å²) < 4.78 is 29.6. The van der Waals surface area contributed by atoms with Gasteiger partial charge in [0, 0.05) is 12.6 Å². The number of ether oxygens (including phenoxy) is 1. The Bertz CT molecular complexity index is 933. The van der Waals surface area contributed by atoms with Gasteiger partial charge in [0.2, 0.25) is 10.0 Å². The summed E-state index contributed by atoms with van der Waals surface area (Å²) in [5.74, 6) is -0.726. The summed E-state index contributed by atoms with van der Waals surface area (Å²) in [4.78, 5) is 24.6. The van der Waals surface area contributed by atoms with Gasteiger partial charge < -0.3 is 4.74 Å². The summed E-state index contributed by atoms with van der Waals surface area (Å²) in [5, 5.41) is 0. The number of benzene rings is 2. The zero-order valence-electron chi connectivity index (χ0n) is 15.8. The van der Waals surface area contributed by atoms with Crippen LogP contribution in [0.2, 0.25) is 0 Å². The van der Waals surface area contributed by atoms with Crippen molar-refractivity contribution in [3.63, 3.8) is 0 Å². The first kappa shape index (κ1) is 20.6. The molecule has 2 aromatic rings. The van der Waals surface area contributed by atoms with Crippen molar-refractivity contribution in [2.75, 3.05) is 24.2 Å². The number of carbonyl (C=O) groups excluding carboxylic acids is 2. The number of ketones is 1. The third-order valence-electron chi connectivity index (χ3n) is 4.19. The topological polar surface area (TPSA) is 80.8 Å². The number of esters is 1. The van der Waals surface area contributed by atoms with Gasteiger partial charge in [0.15, 0.2) is 12.4 Å². The zero-order valence-corrected chi connectivity index (χ0v) is 16.6. The molecule has 0 saturated heterocycles. The number of carbonyl (C=O) groups is 2. The Kier molecular flexibility index (Phi) is 6.38. The van der Waals surface area contributed by atoms with Crippen molar-refractivity contribution >= 4 is 27.5 Å². The van der Waals surface area contributed by atoms with Crippen LogP contribution in [0.1, 0.15) is 46.0 Å². The van der Waals surface area contributed by atoms with Crippen LogP contribution in [-0.4, -0.2) is 40.1 Å². The number of sulfonamides is 1. The van der Waals surface area contributed by atoms with E-state index < -0.39 is 22.6 Å². The van der Waals surface area contributed by atoms with Gasteiger partial charge in [-0.3, -0.25) is 9.10 Å². The number of hydrogen-bond donors (Lipinski definition) is 0. The molecule has 0 radical (unpaired) electrons. The Morgan fingerprint density at radius 2 is 1.63 bits per heavy atom. The van der Waals surface area contributed by atoms with Crippen LogP contribution in [0.5, 0.6) is 0 Å². The van der Waals surface area contributed by atoms with Gasteiger partial charge in [-0.05, 0) is 23.6 Å². The lowest BCUT2D eigenvalue weighted by atomic mass is 10.0. The standard InChI is InChI=1S/C20H23NO5S/c1-14(2)15-9-11-16(12-10-15)19(22)13-26-20(23)17-7-5-6-8-18(17)21(3)27(4,24)25/h5-12,14H,13H2,1-4H3. The number of rotatable bonds is 7. The van der Waals surface area contributed by atoms with Gasteiger partial charge in [0.05, 0.1) is 17.5 Å². The van der Waals surface area contributed by atoms with E-state index in [2.05, 4.69) is 13.8 Å². The maximum Gasteiger partial charge on any atom is 0.340 e. The van der Waals surface area contributed by atoms with E-state index in [-0.39, 0.29) is 17.0 Å². The van der Waals surface area contributed by atoms with Gasteiger partial charge >= 0.3 is 5.97 Å².